The van der Waals surface area contributed by atoms with Gasteiger partial charge in [-0.3, -0.25) is 9.11 Å². The van der Waals surface area contributed by atoms with Crippen molar-refractivity contribution in [3.8, 4) is 0 Å². The molecule has 0 fully saturated rings. The van der Waals surface area contributed by atoms with E-state index in [1.54, 1.807) is 13.8 Å². The van der Waals surface area contributed by atoms with E-state index in [4.69, 9.17) is 18.4 Å². The minimum atomic E-state index is -2.61. The lowest BCUT2D eigenvalue weighted by Crippen LogP contribution is -1.85. The molecule has 0 saturated heterocycles. The molecule has 0 rings (SSSR count). The first-order valence-corrected chi connectivity index (χ1v) is 3.01. The molecule has 0 aromatic rings. The second-order valence-electron chi connectivity index (χ2n) is 1.32. The Morgan fingerprint density at radius 3 is 1.38 bits per heavy atom. The summed E-state index contributed by atoms with van der Waals surface area (Å²) in [5.74, 6) is 0. The Kier molecular flexibility index (Phi) is 9.59. The van der Waals surface area contributed by atoms with Crippen molar-refractivity contribution in [3.63, 3.8) is 0 Å². The molecule has 5 heteroatoms. The van der Waals surface area contributed by atoms with Gasteiger partial charge in [0.05, 0.1) is 0 Å². The molecule has 0 bridgehead atoms. The van der Waals surface area contributed by atoms with E-state index in [-0.39, 0.29) is 6.10 Å². The highest BCUT2D eigenvalue weighted by molar-refractivity contribution is 7.73. The third-order valence-corrected chi connectivity index (χ3v) is 0. The molecule has 0 aromatic carbocycles. The second-order valence-corrected chi connectivity index (χ2v) is 1.79. The van der Waals surface area contributed by atoms with Gasteiger partial charge in [-0.25, -0.2) is 0 Å². The van der Waals surface area contributed by atoms with Gasteiger partial charge in [0, 0.05) is 6.10 Å². The van der Waals surface area contributed by atoms with E-state index in [1.807, 2.05) is 0 Å². The Morgan fingerprint density at radius 2 is 1.38 bits per heavy atom. The molecule has 0 aliphatic carbocycles. The molecule has 52 valence electrons. The van der Waals surface area contributed by atoms with Crippen LogP contribution in [0.5, 0.6) is 0 Å². The monoisotopic (exact) mass is 142 g/mol. The fourth-order valence-corrected chi connectivity index (χ4v) is 0. The van der Waals surface area contributed by atoms with E-state index < -0.39 is 11.4 Å². The molecule has 0 heterocycles. The Bertz CT molecular complexity index is 55.5. The summed E-state index contributed by atoms with van der Waals surface area (Å²) in [4.78, 5) is 0. The molecule has 4 nitrogen and oxygen atoms in total. The normalized spacial score (nSPS) is 8.88. The molecule has 0 aliphatic rings. The van der Waals surface area contributed by atoms with Crippen LogP contribution in [0.3, 0.4) is 0 Å². The van der Waals surface area contributed by atoms with E-state index in [1.165, 1.54) is 0 Å². The summed E-state index contributed by atoms with van der Waals surface area (Å²) in [6, 6.07) is 0. The highest BCUT2D eigenvalue weighted by Gasteiger charge is 1.69. The van der Waals surface area contributed by atoms with E-state index in [9.17, 15) is 0 Å². The van der Waals surface area contributed by atoms with Crippen molar-refractivity contribution in [2.24, 2.45) is 0 Å². The molecule has 0 saturated carbocycles. The maximum absolute atomic E-state index is 8.67. The van der Waals surface area contributed by atoms with Gasteiger partial charge in [0.15, 0.2) is 0 Å². The van der Waals surface area contributed by atoms with Crippen molar-refractivity contribution in [1.82, 2.24) is 0 Å². The number of hydrogen-bond acceptors (Lipinski definition) is 2. The zero-order chi connectivity index (χ0) is 7.15. The molecule has 0 unspecified atom stereocenters. The lowest BCUT2D eigenvalue weighted by molar-refractivity contribution is 0.216. The van der Waals surface area contributed by atoms with Gasteiger partial charge in [-0.15, -0.1) is 0 Å². The highest BCUT2D eigenvalue weighted by atomic mass is 32.2. The predicted molar refractivity (Wildman–Crippen MR) is 30.8 cm³/mol. The first-order chi connectivity index (χ1) is 3.46. The topological polar surface area (TPSA) is 77.8 Å². The van der Waals surface area contributed by atoms with Crippen molar-refractivity contribution >= 4 is 11.4 Å². The van der Waals surface area contributed by atoms with Gasteiger partial charge in [0.25, 0.3) is 11.4 Å². The van der Waals surface area contributed by atoms with Crippen LogP contribution in [0.4, 0.5) is 0 Å². The number of aliphatic hydroxyl groups is 1. The van der Waals surface area contributed by atoms with E-state index in [0.717, 1.165) is 0 Å². The van der Waals surface area contributed by atoms with E-state index in [0.29, 0.717) is 0 Å². The van der Waals surface area contributed by atoms with E-state index >= 15 is 0 Å². The average Bonchev–Trinajstić information content (AvgIpc) is 1.25. The van der Waals surface area contributed by atoms with Gasteiger partial charge in [-0.1, -0.05) is 0 Å². The molecule has 0 radical (unpaired) electrons. The van der Waals surface area contributed by atoms with Gasteiger partial charge in [0.2, 0.25) is 0 Å². The van der Waals surface area contributed by atoms with Crippen LogP contribution in [0.15, 0.2) is 0 Å². The average molecular weight is 142 g/mol. The van der Waals surface area contributed by atoms with Crippen molar-refractivity contribution in [2.45, 2.75) is 20.0 Å². The standard InChI is InChI=1S/C3H8O.H2O3S/c1-3(2)4;1-4(2)3/h3-4H,1-2H3;(H2,1,2,3). The summed E-state index contributed by atoms with van der Waals surface area (Å²) >= 11 is -2.61. The lowest BCUT2D eigenvalue weighted by atomic mass is 10.5. The van der Waals surface area contributed by atoms with Crippen molar-refractivity contribution in [3.05, 3.63) is 0 Å². The number of hydrogen-bond donors (Lipinski definition) is 3. The summed E-state index contributed by atoms with van der Waals surface area (Å²) in [7, 11) is 0. The quantitative estimate of drug-likeness (QED) is 0.418. The van der Waals surface area contributed by atoms with Crippen LogP contribution in [-0.4, -0.2) is 24.5 Å². The first kappa shape index (κ1) is 10.9. The Labute approximate surface area is 50.6 Å². The molecule has 0 aromatic heterocycles. The third kappa shape index (κ3) is 170000. The smallest absolute Gasteiger partial charge is 0.299 e. The summed E-state index contributed by atoms with van der Waals surface area (Å²) in [6.45, 7) is 3.44. The van der Waals surface area contributed by atoms with Gasteiger partial charge in [-0.05, 0) is 13.8 Å². The van der Waals surface area contributed by atoms with Crippen LogP contribution in [-0.2, 0) is 11.4 Å². The first-order valence-electron chi connectivity index (χ1n) is 1.94. The summed E-state index contributed by atoms with van der Waals surface area (Å²) in [5.41, 5.74) is 0. The maximum atomic E-state index is 8.67. The second kappa shape index (κ2) is 7.03. The molecule has 8 heavy (non-hydrogen) atoms. The molecular formula is C3H10O4S. The Balaban J connectivity index is 0. The Morgan fingerprint density at radius 1 is 1.38 bits per heavy atom. The predicted octanol–water partition coefficient (Wildman–Crippen LogP) is 0.0682. The van der Waals surface area contributed by atoms with Crippen LogP contribution in [0.2, 0.25) is 0 Å². The van der Waals surface area contributed by atoms with Crippen LogP contribution < -0.4 is 0 Å². The lowest BCUT2D eigenvalue weighted by Gasteiger charge is -1.80. The van der Waals surface area contributed by atoms with Gasteiger partial charge < -0.3 is 5.11 Å². The van der Waals surface area contributed by atoms with E-state index in [2.05, 4.69) is 0 Å². The molecule has 0 atom stereocenters. The van der Waals surface area contributed by atoms with Crippen molar-refractivity contribution < 1.29 is 18.4 Å². The molecule has 3 N–H and O–H groups in total. The Hall–Kier alpha value is 0.0300. The zero-order valence-electron chi connectivity index (χ0n) is 4.74. The van der Waals surface area contributed by atoms with Gasteiger partial charge >= 0.3 is 0 Å². The highest BCUT2D eigenvalue weighted by Crippen LogP contribution is 1.65. The minimum absolute atomic E-state index is 0.167. The fourth-order valence-electron chi connectivity index (χ4n) is 0. The van der Waals surface area contributed by atoms with Crippen molar-refractivity contribution in [1.29, 1.82) is 0 Å². The number of aliphatic hydroxyl groups excluding tert-OH is 1. The van der Waals surface area contributed by atoms with Crippen LogP contribution >= 0.6 is 0 Å². The maximum Gasteiger partial charge on any atom is 0.299 e. The largest absolute Gasteiger partial charge is 0.394 e. The van der Waals surface area contributed by atoms with Crippen molar-refractivity contribution in [2.75, 3.05) is 0 Å². The SMILES string of the molecule is CC(C)O.O=S(O)O. The zero-order valence-corrected chi connectivity index (χ0v) is 5.55. The van der Waals surface area contributed by atoms with Crippen LogP contribution in [0.25, 0.3) is 0 Å². The van der Waals surface area contributed by atoms with Gasteiger partial charge in [-0.2, -0.15) is 4.21 Å². The summed E-state index contributed by atoms with van der Waals surface area (Å²) in [5, 5.41) is 8.06. The molecule has 0 spiro atoms. The minimum Gasteiger partial charge on any atom is -0.394 e. The van der Waals surface area contributed by atoms with Crippen LogP contribution in [0.1, 0.15) is 13.8 Å². The fraction of sp³-hybridized carbons (Fsp3) is 1.00. The third-order valence-electron chi connectivity index (χ3n) is 0. The summed E-state index contributed by atoms with van der Waals surface area (Å²) in [6.07, 6.45) is -0.167. The molecule has 0 aliphatic heterocycles. The van der Waals surface area contributed by atoms with Crippen LogP contribution in [0, 0.1) is 0 Å². The number of rotatable bonds is 0. The summed E-state index contributed by atoms with van der Waals surface area (Å²) < 4.78 is 22.8. The molecule has 0 amide bonds. The molecular weight excluding hydrogens is 132 g/mol. The van der Waals surface area contributed by atoms with Gasteiger partial charge in [0.1, 0.15) is 0 Å².